The van der Waals surface area contributed by atoms with Crippen molar-refractivity contribution in [3.63, 3.8) is 0 Å². The van der Waals surface area contributed by atoms with Gasteiger partial charge in [0.25, 0.3) is 0 Å². The zero-order valence-electron chi connectivity index (χ0n) is 6.13. The molecule has 2 heteroatoms. The van der Waals surface area contributed by atoms with E-state index in [9.17, 15) is 4.39 Å². The van der Waals surface area contributed by atoms with E-state index in [1.165, 1.54) is 12.1 Å². The summed E-state index contributed by atoms with van der Waals surface area (Å²) in [5.74, 6) is -0.239. The van der Waals surface area contributed by atoms with Crippen LogP contribution in [0.3, 0.4) is 0 Å². The second-order valence-electron chi connectivity index (χ2n) is 2.27. The zero-order chi connectivity index (χ0) is 8.10. The fourth-order valence-corrected chi connectivity index (χ4v) is 0.865. The van der Waals surface area contributed by atoms with Gasteiger partial charge in [-0.3, -0.25) is 0 Å². The first-order valence-electron chi connectivity index (χ1n) is 3.52. The normalized spacial score (nSPS) is 10.0. The summed E-state index contributed by atoms with van der Waals surface area (Å²) >= 11 is 0. The highest BCUT2D eigenvalue weighted by molar-refractivity contribution is 5.23. The molecule has 0 unspecified atom stereocenters. The Kier molecular flexibility index (Phi) is 3.05. The molecule has 0 aliphatic carbocycles. The number of benzene rings is 1. The molecular weight excluding hydrogens is 143 g/mol. The van der Waals surface area contributed by atoms with Crippen molar-refractivity contribution in [3.8, 4) is 0 Å². The standard InChI is InChI=1S/C9H10FO/c10-9-5-1-3-8(7-9)4-2-6-11/h1,3-5,7,11H,2,6H2. The van der Waals surface area contributed by atoms with E-state index in [0.29, 0.717) is 6.42 Å². The lowest BCUT2D eigenvalue weighted by Gasteiger charge is -1.97. The zero-order valence-corrected chi connectivity index (χ0v) is 6.13. The molecular formula is C9H10FO. The van der Waals surface area contributed by atoms with Gasteiger partial charge >= 0.3 is 0 Å². The van der Waals surface area contributed by atoms with Gasteiger partial charge in [0.05, 0.1) is 0 Å². The molecule has 0 atom stereocenters. The Morgan fingerprint density at radius 2 is 2.27 bits per heavy atom. The Hall–Kier alpha value is -0.890. The molecule has 1 N–H and O–H groups in total. The minimum atomic E-state index is -0.239. The van der Waals surface area contributed by atoms with Gasteiger partial charge in [0.1, 0.15) is 5.82 Å². The summed E-state index contributed by atoms with van der Waals surface area (Å²) in [6, 6.07) is 6.29. The molecule has 1 radical (unpaired) electrons. The van der Waals surface area contributed by atoms with Crippen LogP contribution in [0.25, 0.3) is 0 Å². The van der Waals surface area contributed by atoms with Gasteiger partial charge in [-0.1, -0.05) is 12.1 Å². The summed E-state index contributed by atoms with van der Waals surface area (Å²) in [6.45, 7) is 0.108. The Morgan fingerprint density at radius 3 is 2.91 bits per heavy atom. The van der Waals surface area contributed by atoms with Gasteiger partial charge in [-0.25, -0.2) is 4.39 Å². The predicted octanol–water partition coefficient (Wildman–Crippen LogP) is 1.76. The summed E-state index contributed by atoms with van der Waals surface area (Å²) in [6.07, 6.45) is 2.37. The van der Waals surface area contributed by atoms with Crippen molar-refractivity contribution in [2.45, 2.75) is 6.42 Å². The van der Waals surface area contributed by atoms with Crippen LogP contribution in [0.4, 0.5) is 4.39 Å². The molecule has 0 aromatic heterocycles. The van der Waals surface area contributed by atoms with E-state index >= 15 is 0 Å². The quantitative estimate of drug-likeness (QED) is 0.701. The lowest BCUT2D eigenvalue weighted by atomic mass is 10.1. The highest BCUT2D eigenvalue weighted by atomic mass is 19.1. The fraction of sp³-hybridized carbons (Fsp3) is 0.222. The predicted molar refractivity (Wildman–Crippen MR) is 41.5 cm³/mol. The van der Waals surface area contributed by atoms with Crippen LogP contribution < -0.4 is 0 Å². The van der Waals surface area contributed by atoms with Crippen molar-refractivity contribution in [2.75, 3.05) is 6.61 Å². The highest BCUT2D eigenvalue weighted by Gasteiger charge is 1.93. The van der Waals surface area contributed by atoms with Gasteiger partial charge in [0.15, 0.2) is 0 Å². The molecule has 0 saturated heterocycles. The average Bonchev–Trinajstić information content (AvgIpc) is 2.01. The largest absolute Gasteiger partial charge is 0.396 e. The maximum atomic E-state index is 12.5. The molecule has 1 nitrogen and oxygen atoms in total. The second-order valence-corrected chi connectivity index (χ2v) is 2.27. The molecule has 1 rings (SSSR count). The Morgan fingerprint density at radius 1 is 1.45 bits per heavy atom. The monoisotopic (exact) mass is 153 g/mol. The smallest absolute Gasteiger partial charge is 0.123 e. The Labute approximate surface area is 65.5 Å². The maximum absolute atomic E-state index is 12.5. The van der Waals surface area contributed by atoms with Crippen LogP contribution in [-0.2, 0) is 0 Å². The van der Waals surface area contributed by atoms with Gasteiger partial charge in [-0.05, 0) is 30.5 Å². The summed E-state index contributed by atoms with van der Waals surface area (Å²) in [4.78, 5) is 0. The van der Waals surface area contributed by atoms with E-state index in [1.54, 1.807) is 18.6 Å². The average molecular weight is 153 g/mol. The number of hydrogen-bond donors (Lipinski definition) is 1. The SMILES string of the molecule is OCC[CH]c1cccc(F)c1. The van der Waals surface area contributed by atoms with Gasteiger partial charge in [0.2, 0.25) is 0 Å². The van der Waals surface area contributed by atoms with Crippen molar-refractivity contribution >= 4 is 0 Å². The van der Waals surface area contributed by atoms with E-state index in [1.807, 2.05) is 0 Å². The first-order valence-corrected chi connectivity index (χ1v) is 3.52. The Balaban J connectivity index is 2.56. The summed E-state index contributed by atoms with van der Waals surface area (Å²) < 4.78 is 12.5. The molecule has 0 fully saturated rings. The molecule has 0 bridgehead atoms. The van der Waals surface area contributed by atoms with Crippen LogP contribution in [0.15, 0.2) is 24.3 Å². The topological polar surface area (TPSA) is 20.2 Å². The summed E-state index contributed by atoms with van der Waals surface area (Å²) in [5.41, 5.74) is 0.819. The van der Waals surface area contributed by atoms with E-state index in [0.717, 1.165) is 5.56 Å². The van der Waals surface area contributed by atoms with Gasteiger partial charge in [-0.15, -0.1) is 0 Å². The maximum Gasteiger partial charge on any atom is 0.123 e. The van der Waals surface area contributed by atoms with E-state index in [-0.39, 0.29) is 12.4 Å². The van der Waals surface area contributed by atoms with Crippen molar-refractivity contribution < 1.29 is 9.50 Å². The summed E-state index contributed by atoms with van der Waals surface area (Å²) in [7, 11) is 0. The second kappa shape index (κ2) is 4.09. The lowest BCUT2D eigenvalue weighted by molar-refractivity contribution is 0.299. The number of aliphatic hydroxyl groups excluding tert-OH is 1. The van der Waals surface area contributed by atoms with Crippen LogP contribution >= 0.6 is 0 Å². The Bertz CT molecular complexity index is 223. The minimum absolute atomic E-state index is 0.108. The highest BCUT2D eigenvalue weighted by Crippen LogP contribution is 2.07. The summed E-state index contributed by atoms with van der Waals surface area (Å²) in [5, 5.41) is 8.47. The first-order chi connectivity index (χ1) is 5.33. The molecule has 59 valence electrons. The van der Waals surface area contributed by atoms with E-state index in [4.69, 9.17) is 5.11 Å². The number of hydrogen-bond acceptors (Lipinski definition) is 1. The molecule has 0 amide bonds. The van der Waals surface area contributed by atoms with Crippen molar-refractivity contribution in [3.05, 3.63) is 42.1 Å². The van der Waals surface area contributed by atoms with Gasteiger partial charge in [0, 0.05) is 6.61 Å². The van der Waals surface area contributed by atoms with Crippen LogP contribution in [0.5, 0.6) is 0 Å². The third-order valence-electron chi connectivity index (χ3n) is 1.36. The fourth-order valence-electron chi connectivity index (χ4n) is 0.865. The number of rotatable bonds is 3. The van der Waals surface area contributed by atoms with Crippen molar-refractivity contribution in [1.82, 2.24) is 0 Å². The molecule has 0 spiro atoms. The van der Waals surface area contributed by atoms with Crippen LogP contribution in [0.2, 0.25) is 0 Å². The van der Waals surface area contributed by atoms with Gasteiger partial charge in [-0.2, -0.15) is 0 Å². The van der Waals surface area contributed by atoms with Crippen LogP contribution in [0.1, 0.15) is 12.0 Å². The molecule has 0 aliphatic heterocycles. The molecule has 1 aromatic carbocycles. The minimum Gasteiger partial charge on any atom is -0.396 e. The molecule has 11 heavy (non-hydrogen) atoms. The molecule has 0 aliphatic rings. The number of aliphatic hydroxyl groups is 1. The molecule has 0 saturated carbocycles. The lowest BCUT2D eigenvalue weighted by Crippen LogP contribution is -1.86. The van der Waals surface area contributed by atoms with Crippen LogP contribution in [-0.4, -0.2) is 11.7 Å². The van der Waals surface area contributed by atoms with Crippen LogP contribution in [0, 0.1) is 12.2 Å². The third-order valence-corrected chi connectivity index (χ3v) is 1.36. The third kappa shape index (κ3) is 2.68. The van der Waals surface area contributed by atoms with Gasteiger partial charge < -0.3 is 5.11 Å². The van der Waals surface area contributed by atoms with E-state index < -0.39 is 0 Å². The van der Waals surface area contributed by atoms with E-state index in [2.05, 4.69) is 0 Å². The first kappa shape index (κ1) is 8.21. The molecule has 0 heterocycles. The molecule has 1 aromatic rings. The number of halogens is 1. The van der Waals surface area contributed by atoms with Crippen molar-refractivity contribution in [1.29, 1.82) is 0 Å². The van der Waals surface area contributed by atoms with Crippen molar-refractivity contribution in [2.24, 2.45) is 0 Å².